The second-order valence-corrected chi connectivity index (χ2v) is 4.75. The molecule has 20 heavy (non-hydrogen) atoms. The smallest absolute Gasteiger partial charge is 0.328 e. The van der Waals surface area contributed by atoms with Crippen molar-refractivity contribution in [3.8, 4) is 0 Å². The molecule has 1 amide bonds. The summed E-state index contributed by atoms with van der Waals surface area (Å²) in [6.45, 7) is 2.80. The van der Waals surface area contributed by atoms with Crippen LogP contribution in [0.1, 0.15) is 24.2 Å². The van der Waals surface area contributed by atoms with E-state index in [9.17, 15) is 24.8 Å². The zero-order valence-corrected chi connectivity index (χ0v) is 11.3. The molecule has 0 fully saturated rings. The second-order valence-electron chi connectivity index (χ2n) is 4.75. The zero-order valence-electron chi connectivity index (χ0n) is 11.3. The highest BCUT2D eigenvalue weighted by Gasteiger charge is 2.35. The maximum atomic E-state index is 11.2. The molecule has 0 unspecified atom stereocenters. The van der Waals surface area contributed by atoms with Gasteiger partial charge in [0, 0.05) is 18.7 Å². The van der Waals surface area contributed by atoms with Crippen LogP contribution in [-0.4, -0.2) is 34.5 Å². The maximum absolute atomic E-state index is 11.2. The minimum Gasteiger partial charge on any atom is -0.480 e. The molecule has 0 radical (unpaired) electrons. The van der Waals surface area contributed by atoms with Crippen molar-refractivity contribution < 1.29 is 19.6 Å². The molecule has 0 bridgehead atoms. The number of carboxylic acids is 1. The van der Waals surface area contributed by atoms with Gasteiger partial charge in [-0.3, -0.25) is 14.9 Å². The van der Waals surface area contributed by atoms with Gasteiger partial charge in [0.1, 0.15) is 11.2 Å². The van der Waals surface area contributed by atoms with Crippen LogP contribution >= 0.6 is 0 Å². The van der Waals surface area contributed by atoms with Gasteiger partial charge in [-0.25, -0.2) is 4.79 Å². The number of primary amides is 1. The van der Waals surface area contributed by atoms with E-state index in [4.69, 9.17) is 5.73 Å². The molecule has 0 heterocycles. The molecular formula is C12H15N3O5. The van der Waals surface area contributed by atoms with E-state index in [2.05, 4.69) is 0 Å². The van der Waals surface area contributed by atoms with Crippen molar-refractivity contribution in [1.29, 1.82) is 0 Å². The predicted octanol–water partition coefficient (Wildman–Crippen LogP) is 0.993. The number of carboxylic acid groups (broad SMARTS) is 1. The molecule has 0 aromatic heterocycles. The fraction of sp³-hybridized carbons (Fsp3) is 0.333. The van der Waals surface area contributed by atoms with Crippen LogP contribution in [-0.2, 0) is 4.79 Å². The highest BCUT2D eigenvalue weighted by atomic mass is 16.6. The lowest BCUT2D eigenvalue weighted by molar-refractivity contribution is -0.384. The van der Waals surface area contributed by atoms with Gasteiger partial charge in [-0.15, -0.1) is 0 Å². The molecule has 0 aliphatic carbocycles. The Hall–Kier alpha value is -2.64. The van der Waals surface area contributed by atoms with Crippen LogP contribution in [0.25, 0.3) is 0 Å². The quantitative estimate of drug-likeness (QED) is 0.612. The van der Waals surface area contributed by atoms with Gasteiger partial charge in [0.2, 0.25) is 5.91 Å². The molecule has 1 aromatic rings. The van der Waals surface area contributed by atoms with E-state index < -0.39 is 22.3 Å². The largest absolute Gasteiger partial charge is 0.480 e. The number of aliphatic carboxylic acids is 1. The lowest BCUT2D eigenvalue weighted by atomic mass is 10.0. The molecule has 1 rings (SSSR count). The monoisotopic (exact) mass is 281 g/mol. The Morgan fingerprint density at radius 2 is 1.95 bits per heavy atom. The van der Waals surface area contributed by atoms with Crippen molar-refractivity contribution in [3.05, 3.63) is 33.9 Å². The summed E-state index contributed by atoms with van der Waals surface area (Å²) in [7, 11) is 1.40. The summed E-state index contributed by atoms with van der Waals surface area (Å²) in [6.07, 6.45) is 0. The fourth-order valence-electron chi connectivity index (χ4n) is 1.54. The first-order valence-electron chi connectivity index (χ1n) is 5.64. The van der Waals surface area contributed by atoms with Gasteiger partial charge >= 0.3 is 5.97 Å². The van der Waals surface area contributed by atoms with Crippen LogP contribution in [0.2, 0.25) is 0 Å². The highest BCUT2D eigenvalue weighted by molar-refractivity contribution is 5.95. The molecule has 3 N–H and O–H groups in total. The first kappa shape index (κ1) is 15.4. The summed E-state index contributed by atoms with van der Waals surface area (Å²) >= 11 is 0. The number of amides is 1. The van der Waals surface area contributed by atoms with Crippen LogP contribution in [0.15, 0.2) is 18.2 Å². The molecule has 1 aromatic carbocycles. The maximum Gasteiger partial charge on any atom is 0.328 e. The molecule has 0 saturated heterocycles. The average molecular weight is 281 g/mol. The lowest BCUT2D eigenvalue weighted by Crippen LogP contribution is -2.48. The molecule has 8 nitrogen and oxygen atoms in total. The Bertz CT molecular complexity index is 582. The number of rotatable bonds is 5. The number of carbonyl (C=O) groups is 2. The predicted molar refractivity (Wildman–Crippen MR) is 71.7 cm³/mol. The van der Waals surface area contributed by atoms with E-state index in [0.29, 0.717) is 0 Å². The third-order valence-corrected chi connectivity index (χ3v) is 3.18. The van der Waals surface area contributed by atoms with Crippen molar-refractivity contribution in [2.45, 2.75) is 19.4 Å². The fourth-order valence-corrected chi connectivity index (χ4v) is 1.54. The SMILES string of the molecule is CN(c1cc(C(N)=O)ccc1[N+](=O)[O-])C(C)(C)C(=O)O. The lowest BCUT2D eigenvalue weighted by Gasteiger charge is -2.33. The molecular weight excluding hydrogens is 266 g/mol. The van der Waals surface area contributed by atoms with Gasteiger partial charge in [0.25, 0.3) is 5.69 Å². The van der Waals surface area contributed by atoms with Crippen molar-refractivity contribution in [1.82, 2.24) is 0 Å². The summed E-state index contributed by atoms with van der Waals surface area (Å²) in [5.41, 5.74) is 3.53. The number of anilines is 1. The first-order chi connectivity index (χ1) is 9.09. The number of benzene rings is 1. The second kappa shape index (κ2) is 5.16. The van der Waals surface area contributed by atoms with Crippen LogP contribution in [0.3, 0.4) is 0 Å². The normalized spacial score (nSPS) is 10.9. The minimum absolute atomic E-state index is 0.0127. The number of nitro groups is 1. The number of carbonyl (C=O) groups excluding carboxylic acids is 1. The van der Waals surface area contributed by atoms with Crippen molar-refractivity contribution in [2.24, 2.45) is 5.73 Å². The van der Waals surface area contributed by atoms with Crippen molar-refractivity contribution >= 4 is 23.3 Å². The molecule has 0 aliphatic rings. The highest BCUT2D eigenvalue weighted by Crippen LogP contribution is 2.32. The van der Waals surface area contributed by atoms with Crippen LogP contribution in [0, 0.1) is 10.1 Å². The van der Waals surface area contributed by atoms with Gasteiger partial charge in [-0.1, -0.05) is 0 Å². The van der Waals surface area contributed by atoms with Crippen LogP contribution < -0.4 is 10.6 Å². The van der Waals surface area contributed by atoms with Crippen molar-refractivity contribution in [2.75, 3.05) is 11.9 Å². The Morgan fingerprint density at radius 1 is 1.40 bits per heavy atom. The van der Waals surface area contributed by atoms with E-state index >= 15 is 0 Å². The third kappa shape index (κ3) is 2.68. The van der Waals surface area contributed by atoms with Gasteiger partial charge in [0.15, 0.2) is 0 Å². The summed E-state index contributed by atoms with van der Waals surface area (Å²) in [6, 6.07) is 3.57. The molecule has 8 heteroatoms. The van der Waals surface area contributed by atoms with Gasteiger partial charge in [0.05, 0.1) is 4.92 Å². The number of nitro benzene ring substituents is 1. The molecule has 0 aliphatic heterocycles. The van der Waals surface area contributed by atoms with E-state index in [-0.39, 0.29) is 16.9 Å². The summed E-state index contributed by atoms with van der Waals surface area (Å²) in [5.74, 6) is -1.90. The molecule has 0 atom stereocenters. The van der Waals surface area contributed by atoms with Gasteiger partial charge in [-0.05, 0) is 26.0 Å². The standard InChI is InChI=1S/C12H15N3O5/c1-12(2,11(17)18)14(3)9-6-7(10(13)16)4-5-8(9)15(19)20/h4-6H,1-3H3,(H2,13,16)(H,17,18). The van der Waals surface area contributed by atoms with Gasteiger partial charge < -0.3 is 15.7 Å². The number of nitrogens with zero attached hydrogens (tertiary/aromatic N) is 2. The topological polar surface area (TPSA) is 127 Å². The number of hydrogen-bond acceptors (Lipinski definition) is 5. The van der Waals surface area contributed by atoms with Crippen molar-refractivity contribution in [3.63, 3.8) is 0 Å². The summed E-state index contributed by atoms with van der Waals surface area (Å²) in [4.78, 5) is 34.0. The van der Waals surface area contributed by atoms with Crippen LogP contribution in [0.4, 0.5) is 11.4 Å². The summed E-state index contributed by atoms with van der Waals surface area (Å²) in [5, 5.41) is 20.2. The Morgan fingerprint density at radius 3 is 2.35 bits per heavy atom. The van der Waals surface area contributed by atoms with E-state index in [0.717, 1.165) is 6.07 Å². The first-order valence-corrected chi connectivity index (χ1v) is 5.64. The Balaban J connectivity index is 3.47. The van der Waals surface area contributed by atoms with E-state index in [1.54, 1.807) is 0 Å². The van der Waals surface area contributed by atoms with E-state index in [1.807, 2.05) is 0 Å². The molecule has 0 saturated carbocycles. The third-order valence-electron chi connectivity index (χ3n) is 3.18. The number of nitrogens with two attached hydrogens (primary N) is 1. The number of likely N-dealkylation sites (N-methyl/N-ethyl adjacent to an activating group) is 1. The number of hydrogen-bond donors (Lipinski definition) is 2. The van der Waals surface area contributed by atoms with Gasteiger partial charge in [-0.2, -0.15) is 0 Å². The minimum atomic E-state index is -1.39. The molecule has 108 valence electrons. The summed E-state index contributed by atoms with van der Waals surface area (Å²) < 4.78 is 0. The van der Waals surface area contributed by atoms with E-state index in [1.165, 1.54) is 37.9 Å². The Kier molecular flexibility index (Phi) is 3.97. The zero-order chi connectivity index (χ0) is 15.7. The molecule has 0 spiro atoms. The Labute approximate surface area is 114 Å². The average Bonchev–Trinajstić information content (AvgIpc) is 2.36. The van der Waals surface area contributed by atoms with Crippen LogP contribution in [0.5, 0.6) is 0 Å².